The van der Waals surface area contributed by atoms with E-state index in [1.165, 1.54) is 0 Å². The van der Waals surface area contributed by atoms with E-state index in [2.05, 4.69) is 21.2 Å². The summed E-state index contributed by atoms with van der Waals surface area (Å²) in [6, 6.07) is 9.17. The summed E-state index contributed by atoms with van der Waals surface area (Å²) in [6.07, 6.45) is 0. The molecule has 1 aromatic heterocycles. The number of hydrogen-bond donors (Lipinski definition) is 2. The minimum Gasteiger partial charge on any atom is -0.398 e. The highest BCUT2D eigenvalue weighted by Crippen LogP contribution is 2.22. The Kier molecular flexibility index (Phi) is 4.04. The Bertz CT molecular complexity index is 554. The van der Waals surface area contributed by atoms with Crippen molar-refractivity contribution in [1.82, 2.24) is 5.32 Å². The van der Waals surface area contributed by atoms with Crippen LogP contribution in [0.25, 0.3) is 0 Å². The molecule has 0 aliphatic heterocycles. The van der Waals surface area contributed by atoms with Crippen molar-refractivity contribution in [2.75, 3.05) is 5.73 Å². The molecule has 3 nitrogen and oxygen atoms in total. The van der Waals surface area contributed by atoms with E-state index in [0.29, 0.717) is 11.3 Å². The molecule has 1 atom stereocenters. The van der Waals surface area contributed by atoms with E-state index < -0.39 is 0 Å². The van der Waals surface area contributed by atoms with Gasteiger partial charge >= 0.3 is 0 Å². The summed E-state index contributed by atoms with van der Waals surface area (Å²) in [5.41, 5.74) is 6.89. The van der Waals surface area contributed by atoms with Crippen molar-refractivity contribution in [3.05, 3.63) is 50.6 Å². The lowest BCUT2D eigenvalue weighted by Gasteiger charge is -2.12. The lowest BCUT2D eigenvalue weighted by atomic mass is 10.1. The van der Waals surface area contributed by atoms with Gasteiger partial charge in [0.15, 0.2) is 0 Å². The molecule has 0 bridgehead atoms. The third-order valence-electron chi connectivity index (χ3n) is 2.58. The first-order valence-corrected chi connectivity index (χ1v) is 7.14. The second-order valence-corrected chi connectivity index (χ2v) is 5.78. The Morgan fingerprint density at radius 1 is 1.44 bits per heavy atom. The fourth-order valence-electron chi connectivity index (χ4n) is 1.57. The molecule has 1 amide bonds. The smallest absolute Gasteiger partial charge is 0.251 e. The van der Waals surface area contributed by atoms with Crippen molar-refractivity contribution < 1.29 is 4.79 Å². The van der Waals surface area contributed by atoms with Crippen LogP contribution in [0, 0.1) is 0 Å². The molecule has 0 saturated carbocycles. The lowest BCUT2D eigenvalue weighted by Crippen LogP contribution is -2.26. The van der Waals surface area contributed by atoms with Crippen LogP contribution in [0.15, 0.2) is 40.2 Å². The number of halogens is 1. The fourth-order valence-corrected chi connectivity index (χ4v) is 2.55. The average molecular weight is 325 g/mol. The van der Waals surface area contributed by atoms with Crippen LogP contribution in [-0.2, 0) is 0 Å². The van der Waals surface area contributed by atoms with Gasteiger partial charge in [0.05, 0.1) is 6.04 Å². The third kappa shape index (κ3) is 2.91. The van der Waals surface area contributed by atoms with E-state index in [4.69, 9.17) is 5.73 Å². The minimum absolute atomic E-state index is 0.00220. The summed E-state index contributed by atoms with van der Waals surface area (Å²) in [5, 5.41) is 4.94. The number of nitrogen functional groups attached to an aromatic ring is 1. The average Bonchev–Trinajstić information content (AvgIpc) is 2.86. The van der Waals surface area contributed by atoms with Crippen LogP contribution < -0.4 is 11.1 Å². The number of carbonyl (C=O) groups excluding carboxylic acids is 1. The van der Waals surface area contributed by atoms with E-state index in [1.54, 1.807) is 29.5 Å². The van der Waals surface area contributed by atoms with Crippen molar-refractivity contribution in [1.29, 1.82) is 0 Å². The Balaban J connectivity index is 2.10. The maximum atomic E-state index is 12.0. The fraction of sp³-hybridized carbons (Fsp3) is 0.154. The first kappa shape index (κ1) is 13.1. The molecule has 1 aromatic carbocycles. The van der Waals surface area contributed by atoms with E-state index in [1.807, 2.05) is 24.4 Å². The summed E-state index contributed by atoms with van der Waals surface area (Å²) < 4.78 is 0.797. The van der Waals surface area contributed by atoms with Crippen molar-refractivity contribution in [2.24, 2.45) is 0 Å². The SMILES string of the molecule is CC(NC(=O)c1ccc(Br)c(N)c1)c1cccs1. The predicted molar refractivity (Wildman–Crippen MR) is 78.8 cm³/mol. The molecule has 1 unspecified atom stereocenters. The van der Waals surface area contributed by atoms with E-state index in [-0.39, 0.29) is 11.9 Å². The zero-order valence-electron chi connectivity index (χ0n) is 9.81. The topological polar surface area (TPSA) is 55.1 Å². The summed E-state index contributed by atoms with van der Waals surface area (Å²) in [7, 11) is 0. The zero-order chi connectivity index (χ0) is 13.1. The molecular formula is C13H13BrN2OS. The Morgan fingerprint density at radius 3 is 2.83 bits per heavy atom. The first-order valence-electron chi connectivity index (χ1n) is 5.47. The van der Waals surface area contributed by atoms with E-state index >= 15 is 0 Å². The maximum absolute atomic E-state index is 12.0. The summed E-state index contributed by atoms with van der Waals surface area (Å²) >= 11 is 4.93. The predicted octanol–water partition coefficient (Wildman–Crippen LogP) is 3.58. The number of hydrogen-bond acceptors (Lipinski definition) is 3. The standard InChI is InChI=1S/C13H13BrN2OS/c1-8(12-3-2-6-18-12)16-13(17)9-4-5-10(14)11(15)7-9/h2-8H,15H2,1H3,(H,16,17). The number of amides is 1. The van der Waals surface area contributed by atoms with Crippen LogP contribution in [-0.4, -0.2) is 5.91 Å². The summed E-state index contributed by atoms with van der Waals surface area (Å²) in [5.74, 6) is -0.116. The van der Waals surface area contributed by atoms with Gasteiger partial charge in [-0.2, -0.15) is 0 Å². The molecule has 0 radical (unpaired) electrons. The molecule has 94 valence electrons. The van der Waals surface area contributed by atoms with Gasteiger partial charge in [-0.05, 0) is 52.5 Å². The lowest BCUT2D eigenvalue weighted by molar-refractivity contribution is 0.0940. The van der Waals surface area contributed by atoms with Gasteiger partial charge < -0.3 is 11.1 Å². The Hall–Kier alpha value is -1.33. The van der Waals surface area contributed by atoms with E-state index in [0.717, 1.165) is 9.35 Å². The molecule has 18 heavy (non-hydrogen) atoms. The van der Waals surface area contributed by atoms with Gasteiger partial charge in [0, 0.05) is 20.6 Å². The molecule has 2 rings (SSSR count). The molecule has 5 heteroatoms. The van der Waals surface area contributed by atoms with Crippen molar-refractivity contribution in [3.63, 3.8) is 0 Å². The van der Waals surface area contributed by atoms with Crippen LogP contribution in [0.2, 0.25) is 0 Å². The summed E-state index contributed by atoms with van der Waals surface area (Å²) in [6.45, 7) is 1.96. The quantitative estimate of drug-likeness (QED) is 0.848. The molecule has 3 N–H and O–H groups in total. The highest BCUT2D eigenvalue weighted by Gasteiger charge is 2.12. The Morgan fingerprint density at radius 2 is 2.22 bits per heavy atom. The number of benzene rings is 1. The van der Waals surface area contributed by atoms with Crippen LogP contribution >= 0.6 is 27.3 Å². The van der Waals surface area contributed by atoms with Crippen molar-refractivity contribution >= 4 is 38.9 Å². The van der Waals surface area contributed by atoms with Crippen LogP contribution in [0.3, 0.4) is 0 Å². The molecular weight excluding hydrogens is 312 g/mol. The van der Waals surface area contributed by atoms with Gasteiger partial charge in [0.2, 0.25) is 0 Å². The number of rotatable bonds is 3. The van der Waals surface area contributed by atoms with Crippen LogP contribution in [0.5, 0.6) is 0 Å². The molecule has 0 saturated heterocycles. The van der Waals surface area contributed by atoms with Gasteiger partial charge in [-0.1, -0.05) is 6.07 Å². The van der Waals surface area contributed by atoms with Gasteiger partial charge in [-0.15, -0.1) is 11.3 Å². The molecule has 0 aliphatic carbocycles. The number of anilines is 1. The van der Waals surface area contributed by atoms with Gasteiger partial charge in [-0.25, -0.2) is 0 Å². The number of nitrogens with two attached hydrogens (primary N) is 1. The van der Waals surface area contributed by atoms with Gasteiger partial charge in [0.1, 0.15) is 0 Å². The number of carbonyl (C=O) groups is 1. The normalized spacial score (nSPS) is 12.1. The molecule has 0 fully saturated rings. The van der Waals surface area contributed by atoms with E-state index in [9.17, 15) is 4.79 Å². The largest absolute Gasteiger partial charge is 0.398 e. The summed E-state index contributed by atoms with van der Waals surface area (Å²) in [4.78, 5) is 13.2. The second kappa shape index (κ2) is 5.54. The first-order chi connectivity index (χ1) is 8.58. The highest BCUT2D eigenvalue weighted by molar-refractivity contribution is 9.10. The Labute approximate surface area is 118 Å². The van der Waals surface area contributed by atoms with Gasteiger partial charge in [-0.3, -0.25) is 4.79 Å². The number of nitrogens with one attached hydrogen (secondary N) is 1. The number of thiophene rings is 1. The van der Waals surface area contributed by atoms with Crippen LogP contribution in [0.4, 0.5) is 5.69 Å². The van der Waals surface area contributed by atoms with Gasteiger partial charge in [0.25, 0.3) is 5.91 Å². The maximum Gasteiger partial charge on any atom is 0.251 e. The zero-order valence-corrected chi connectivity index (χ0v) is 12.2. The minimum atomic E-state index is -0.116. The third-order valence-corrected chi connectivity index (χ3v) is 4.35. The second-order valence-electron chi connectivity index (χ2n) is 3.95. The molecule has 1 heterocycles. The monoisotopic (exact) mass is 324 g/mol. The van der Waals surface area contributed by atoms with Crippen molar-refractivity contribution in [2.45, 2.75) is 13.0 Å². The molecule has 0 aliphatic rings. The van der Waals surface area contributed by atoms with Crippen molar-refractivity contribution in [3.8, 4) is 0 Å². The molecule has 0 spiro atoms. The highest BCUT2D eigenvalue weighted by atomic mass is 79.9. The molecule has 2 aromatic rings. The van der Waals surface area contributed by atoms with Crippen LogP contribution in [0.1, 0.15) is 28.2 Å².